The molecule has 1 aliphatic heterocycles. The van der Waals surface area contributed by atoms with Gasteiger partial charge in [-0.2, -0.15) is 0 Å². The summed E-state index contributed by atoms with van der Waals surface area (Å²) in [5.74, 6) is 0.971. The second-order valence-electron chi connectivity index (χ2n) is 6.22. The lowest BCUT2D eigenvalue weighted by Crippen LogP contribution is -2.40. The van der Waals surface area contributed by atoms with Gasteiger partial charge >= 0.3 is 6.09 Å². The summed E-state index contributed by atoms with van der Waals surface area (Å²) < 4.78 is 5.28. The SMILES string of the molecule is Cc1cccc(N2CCC(NC(=O)OC(C)(C)C)C2)n1. The van der Waals surface area contributed by atoms with E-state index in [1.165, 1.54) is 0 Å². The highest BCUT2D eigenvalue weighted by Gasteiger charge is 2.26. The molecule has 0 saturated carbocycles. The van der Waals surface area contributed by atoms with Crippen molar-refractivity contribution in [2.24, 2.45) is 0 Å². The van der Waals surface area contributed by atoms with E-state index in [1.54, 1.807) is 0 Å². The van der Waals surface area contributed by atoms with Crippen molar-refractivity contribution in [3.63, 3.8) is 0 Å². The highest BCUT2D eigenvalue weighted by Crippen LogP contribution is 2.18. The van der Waals surface area contributed by atoms with Crippen LogP contribution in [0, 0.1) is 6.92 Å². The molecule has 1 saturated heterocycles. The van der Waals surface area contributed by atoms with Crippen LogP contribution in [-0.4, -0.2) is 35.8 Å². The third kappa shape index (κ3) is 4.11. The predicted molar refractivity (Wildman–Crippen MR) is 79.0 cm³/mol. The maximum Gasteiger partial charge on any atom is 0.407 e. The number of anilines is 1. The molecule has 5 heteroatoms. The maximum absolute atomic E-state index is 11.7. The first kappa shape index (κ1) is 14.6. The minimum absolute atomic E-state index is 0.118. The Morgan fingerprint density at radius 3 is 2.85 bits per heavy atom. The van der Waals surface area contributed by atoms with Crippen molar-refractivity contribution < 1.29 is 9.53 Å². The van der Waals surface area contributed by atoms with E-state index < -0.39 is 5.60 Å². The summed E-state index contributed by atoms with van der Waals surface area (Å²) in [6, 6.07) is 6.11. The van der Waals surface area contributed by atoms with E-state index in [0.717, 1.165) is 31.0 Å². The van der Waals surface area contributed by atoms with Crippen LogP contribution in [0.1, 0.15) is 32.9 Å². The first-order chi connectivity index (χ1) is 9.33. The maximum atomic E-state index is 11.7. The Hall–Kier alpha value is -1.78. The van der Waals surface area contributed by atoms with Crippen molar-refractivity contribution in [2.45, 2.75) is 45.8 Å². The Balaban J connectivity index is 1.88. The zero-order chi connectivity index (χ0) is 14.8. The monoisotopic (exact) mass is 277 g/mol. The zero-order valence-electron chi connectivity index (χ0n) is 12.6. The molecule has 0 bridgehead atoms. The van der Waals surface area contributed by atoms with Crippen LogP contribution in [0.15, 0.2) is 18.2 Å². The quantitative estimate of drug-likeness (QED) is 0.902. The first-order valence-corrected chi connectivity index (χ1v) is 7.01. The van der Waals surface area contributed by atoms with Gasteiger partial charge in [0, 0.05) is 18.8 Å². The highest BCUT2D eigenvalue weighted by molar-refractivity contribution is 5.68. The third-order valence-electron chi connectivity index (χ3n) is 3.11. The number of pyridine rings is 1. The van der Waals surface area contributed by atoms with Crippen LogP contribution in [0.25, 0.3) is 0 Å². The van der Waals surface area contributed by atoms with Crippen LogP contribution in [0.5, 0.6) is 0 Å². The zero-order valence-corrected chi connectivity index (χ0v) is 12.6. The Kier molecular flexibility index (Phi) is 4.16. The predicted octanol–water partition coefficient (Wildman–Crippen LogP) is 2.49. The molecule has 0 radical (unpaired) electrons. The second-order valence-corrected chi connectivity index (χ2v) is 6.22. The summed E-state index contributed by atoms with van der Waals surface area (Å²) >= 11 is 0. The van der Waals surface area contributed by atoms with Gasteiger partial charge in [-0.15, -0.1) is 0 Å². The molecule has 1 unspecified atom stereocenters. The van der Waals surface area contributed by atoms with Gasteiger partial charge in [-0.25, -0.2) is 9.78 Å². The van der Waals surface area contributed by atoms with Gasteiger partial charge in [0.2, 0.25) is 0 Å². The van der Waals surface area contributed by atoms with Gasteiger partial charge in [-0.3, -0.25) is 0 Å². The Morgan fingerprint density at radius 2 is 2.20 bits per heavy atom. The molecule has 1 N–H and O–H groups in total. The number of carbonyl (C=O) groups is 1. The van der Waals surface area contributed by atoms with Crippen LogP contribution in [0.4, 0.5) is 10.6 Å². The number of nitrogens with zero attached hydrogens (tertiary/aromatic N) is 2. The van der Waals surface area contributed by atoms with E-state index in [0.29, 0.717) is 0 Å². The summed E-state index contributed by atoms with van der Waals surface area (Å²) in [6.45, 7) is 9.25. The van der Waals surface area contributed by atoms with Gasteiger partial charge in [0.25, 0.3) is 0 Å². The van der Waals surface area contributed by atoms with Gasteiger partial charge in [-0.1, -0.05) is 6.07 Å². The number of ether oxygens (including phenoxy) is 1. The number of carbonyl (C=O) groups excluding carboxylic acids is 1. The van der Waals surface area contributed by atoms with Gasteiger partial charge < -0.3 is 15.0 Å². The Morgan fingerprint density at radius 1 is 1.45 bits per heavy atom. The molecule has 1 aromatic heterocycles. The van der Waals surface area contributed by atoms with E-state index in [4.69, 9.17) is 4.74 Å². The van der Waals surface area contributed by atoms with Crippen molar-refractivity contribution in [2.75, 3.05) is 18.0 Å². The summed E-state index contributed by atoms with van der Waals surface area (Å²) in [7, 11) is 0. The molecular formula is C15H23N3O2. The normalized spacial score (nSPS) is 19.0. The minimum Gasteiger partial charge on any atom is -0.444 e. The lowest BCUT2D eigenvalue weighted by molar-refractivity contribution is 0.0509. The van der Waals surface area contributed by atoms with E-state index >= 15 is 0 Å². The molecule has 1 aromatic rings. The van der Waals surface area contributed by atoms with Crippen molar-refractivity contribution >= 4 is 11.9 Å². The van der Waals surface area contributed by atoms with Gasteiger partial charge in [0.05, 0.1) is 6.04 Å². The Bertz CT molecular complexity index is 482. The molecule has 1 fully saturated rings. The second kappa shape index (κ2) is 5.69. The fraction of sp³-hybridized carbons (Fsp3) is 0.600. The minimum atomic E-state index is -0.458. The molecule has 1 amide bonds. The molecule has 2 heterocycles. The number of hydrogen-bond acceptors (Lipinski definition) is 4. The molecule has 0 spiro atoms. The molecule has 110 valence electrons. The average molecular weight is 277 g/mol. The number of amides is 1. The fourth-order valence-corrected chi connectivity index (χ4v) is 2.27. The molecule has 5 nitrogen and oxygen atoms in total. The van der Waals surface area contributed by atoms with Gasteiger partial charge in [-0.05, 0) is 46.2 Å². The molecule has 0 aliphatic carbocycles. The first-order valence-electron chi connectivity index (χ1n) is 7.01. The topological polar surface area (TPSA) is 54.5 Å². The van der Waals surface area contributed by atoms with E-state index in [2.05, 4.69) is 15.2 Å². The fourth-order valence-electron chi connectivity index (χ4n) is 2.27. The molecular weight excluding hydrogens is 254 g/mol. The number of aromatic nitrogens is 1. The number of hydrogen-bond donors (Lipinski definition) is 1. The number of nitrogens with one attached hydrogen (secondary N) is 1. The standard InChI is InChI=1S/C15H23N3O2/c1-11-6-5-7-13(16-11)18-9-8-12(10-18)17-14(19)20-15(2,3)4/h5-7,12H,8-10H2,1-4H3,(H,17,19). The van der Waals surface area contributed by atoms with Gasteiger partial charge in [0.15, 0.2) is 0 Å². The van der Waals surface area contributed by atoms with E-state index in [1.807, 2.05) is 45.9 Å². The Labute approximate surface area is 120 Å². The molecule has 0 aromatic carbocycles. The van der Waals surface area contributed by atoms with Crippen LogP contribution >= 0.6 is 0 Å². The van der Waals surface area contributed by atoms with Crippen molar-refractivity contribution in [3.8, 4) is 0 Å². The largest absolute Gasteiger partial charge is 0.444 e. The summed E-state index contributed by atoms with van der Waals surface area (Å²) in [6.07, 6.45) is 0.566. The lowest BCUT2D eigenvalue weighted by Gasteiger charge is -2.22. The third-order valence-corrected chi connectivity index (χ3v) is 3.11. The number of rotatable bonds is 2. The summed E-state index contributed by atoms with van der Waals surface area (Å²) in [5.41, 5.74) is 0.548. The molecule has 20 heavy (non-hydrogen) atoms. The number of aryl methyl sites for hydroxylation is 1. The lowest BCUT2D eigenvalue weighted by atomic mass is 10.2. The van der Waals surface area contributed by atoms with Crippen molar-refractivity contribution in [1.29, 1.82) is 0 Å². The summed E-state index contributed by atoms with van der Waals surface area (Å²) in [5, 5.41) is 2.92. The van der Waals surface area contributed by atoms with Crippen molar-refractivity contribution in [1.82, 2.24) is 10.3 Å². The van der Waals surface area contributed by atoms with Gasteiger partial charge in [0.1, 0.15) is 11.4 Å². The molecule has 2 rings (SSSR count). The van der Waals surface area contributed by atoms with E-state index in [9.17, 15) is 4.79 Å². The van der Waals surface area contributed by atoms with Crippen LogP contribution in [0.2, 0.25) is 0 Å². The van der Waals surface area contributed by atoms with Crippen LogP contribution < -0.4 is 10.2 Å². The number of alkyl carbamates (subject to hydrolysis) is 1. The van der Waals surface area contributed by atoms with E-state index in [-0.39, 0.29) is 12.1 Å². The van der Waals surface area contributed by atoms with Crippen molar-refractivity contribution in [3.05, 3.63) is 23.9 Å². The molecule has 1 aliphatic rings. The highest BCUT2D eigenvalue weighted by atomic mass is 16.6. The average Bonchev–Trinajstić information content (AvgIpc) is 2.74. The van der Waals surface area contributed by atoms with Crippen LogP contribution in [-0.2, 0) is 4.74 Å². The van der Waals surface area contributed by atoms with Crippen LogP contribution in [0.3, 0.4) is 0 Å². The smallest absolute Gasteiger partial charge is 0.407 e. The molecule has 1 atom stereocenters. The summed E-state index contributed by atoms with van der Waals surface area (Å²) in [4.78, 5) is 18.4.